The van der Waals surface area contributed by atoms with E-state index in [0.717, 1.165) is 22.0 Å². The lowest BCUT2D eigenvalue weighted by Crippen LogP contribution is -2.14. The van der Waals surface area contributed by atoms with Crippen molar-refractivity contribution in [2.75, 3.05) is 5.32 Å². The van der Waals surface area contributed by atoms with Crippen molar-refractivity contribution >= 4 is 33.7 Å². The van der Waals surface area contributed by atoms with Gasteiger partial charge in [0.05, 0.1) is 17.1 Å². The summed E-state index contributed by atoms with van der Waals surface area (Å²) in [5, 5.41) is 6.24. The maximum atomic E-state index is 13.0. The first-order chi connectivity index (χ1) is 13.6. The molecule has 0 saturated carbocycles. The molecular weight excluding hydrogens is 371 g/mol. The number of nitrogens with zero attached hydrogens (tertiary/aromatic N) is 1. The van der Waals surface area contributed by atoms with Crippen molar-refractivity contribution in [3.05, 3.63) is 93.7 Å². The molecule has 3 nitrogen and oxygen atoms in total. The Morgan fingerprint density at radius 1 is 1.04 bits per heavy atom. The molecule has 4 rings (SSSR count). The summed E-state index contributed by atoms with van der Waals surface area (Å²) in [6, 6.07) is 20.4. The van der Waals surface area contributed by atoms with Gasteiger partial charge in [-0.25, -0.2) is 9.37 Å². The number of carbonyl (C=O) groups excluding carboxylic acids is 1. The Bertz CT molecular complexity index is 1130. The van der Waals surface area contributed by atoms with Gasteiger partial charge in [0.15, 0.2) is 0 Å². The zero-order valence-electron chi connectivity index (χ0n) is 15.4. The predicted octanol–water partition coefficient (Wildman–Crippen LogP) is 5.52. The second kappa shape index (κ2) is 7.90. The van der Waals surface area contributed by atoms with Crippen LogP contribution in [0.5, 0.6) is 0 Å². The molecular formula is C23H19FN2OS. The Balaban J connectivity index is 1.49. The quantitative estimate of drug-likeness (QED) is 0.488. The van der Waals surface area contributed by atoms with Crippen molar-refractivity contribution in [2.45, 2.75) is 19.8 Å². The molecule has 1 heterocycles. The maximum absolute atomic E-state index is 13.0. The van der Waals surface area contributed by atoms with Crippen LogP contribution in [0.15, 0.2) is 66.7 Å². The summed E-state index contributed by atoms with van der Waals surface area (Å²) < 4.78 is 13.0. The summed E-state index contributed by atoms with van der Waals surface area (Å²) in [5.74, 6) is -0.454. The van der Waals surface area contributed by atoms with Gasteiger partial charge in [0.2, 0.25) is 5.91 Å². The van der Waals surface area contributed by atoms with E-state index < -0.39 is 0 Å². The van der Waals surface area contributed by atoms with Gasteiger partial charge in [-0.15, -0.1) is 11.3 Å². The van der Waals surface area contributed by atoms with Crippen molar-refractivity contribution in [1.82, 2.24) is 4.98 Å². The van der Waals surface area contributed by atoms with E-state index in [0.29, 0.717) is 5.69 Å². The van der Waals surface area contributed by atoms with Crippen LogP contribution in [0.1, 0.15) is 21.1 Å². The Hall–Kier alpha value is -3.05. The molecule has 0 aliphatic carbocycles. The third kappa shape index (κ3) is 4.10. The number of aromatic nitrogens is 1. The minimum absolute atomic E-state index is 0.130. The molecule has 0 unspecified atom stereocenters. The van der Waals surface area contributed by atoms with Gasteiger partial charge in [-0.3, -0.25) is 4.79 Å². The first-order valence-electron chi connectivity index (χ1n) is 9.06. The SMILES string of the molecule is Cc1nc(Cc2cccc3ccccc23)sc1CC(=O)Nc1ccc(F)cc1. The number of rotatable bonds is 5. The summed E-state index contributed by atoms with van der Waals surface area (Å²) in [6.45, 7) is 1.93. The maximum Gasteiger partial charge on any atom is 0.229 e. The number of anilines is 1. The summed E-state index contributed by atoms with van der Waals surface area (Å²) >= 11 is 1.57. The monoisotopic (exact) mass is 390 g/mol. The van der Waals surface area contributed by atoms with E-state index in [4.69, 9.17) is 0 Å². The highest BCUT2D eigenvalue weighted by atomic mass is 32.1. The van der Waals surface area contributed by atoms with Gasteiger partial charge in [-0.1, -0.05) is 42.5 Å². The molecule has 0 atom stereocenters. The normalized spacial score (nSPS) is 10.9. The molecule has 0 saturated heterocycles. The predicted molar refractivity (Wildman–Crippen MR) is 112 cm³/mol. The van der Waals surface area contributed by atoms with Crippen LogP contribution in [-0.4, -0.2) is 10.9 Å². The molecule has 0 spiro atoms. The minimum atomic E-state index is -0.325. The molecule has 28 heavy (non-hydrogen) atoms. The smallest absolute Gasteiger partial charge is 0.229 e. The molecule has 0 bridgehead atoms. The molecule has 0 fully saturated rings. The van der Waals surface area contributed by atoms with Gasteiger partial charge in [0.25, 0.3) is 0 Å². The number of thiazole rings is 1. The van der Waals surface area contributed by atoms with Crippen molar-refractivity contribution in [3.8, 4) is 0 Å². The molecule has 3 aromatic carbocycles. The van der Waals surface area contributed by atoms with Crippen LogP contribution in [0.4, 0.5) is 10.1 Å². The fourth-order valence-corrected chi connectivity index (χ4v) is 4.31. The number of fused-ring (bicyclic) bond motifs is 1. The Morgan fingerprint density at radius 3 is 2.61 bits per heavy atom. The molecule has 1 amide bonds. The summed E-state index contributed by atoms with van der Waals surface area (Å²) in [5.41, 5.74) is 2.70. The topological polar surface area (TPSA) is 42.0 Å². The average molecular weight is 390 g/mol. The fraction of sp³-hybridized carbons (Fsp3) is 0.130. The minimum Gasteiger partial charge on any atom is -0.326 e. The Labute approximate surface area is 166 Å². The molecule has 0 aliphatic rings. The lowest BCUT2D eigenvalue weighted by Gasteiger charge is -2.04. The van der Waals surface area contributed by atoms with Crippen LogP contribution in [-0.2, 0) is 17.6 Å². The molecule has 0 aliphatic heterocycles. The molecule has 5 heteroatoms. The lowest BCUT2D eigenvalue weighted by atomic mass is 10.0. The van der Waals surface area contributed by atoms with Crippen LogP contribution < -0.4 is 5.32 Å². The van der Waals surface area contributed by atoms with Gasteiger partial charge in [0.1, 0.15) is 5.82 Å². The Kier molecular flexibility index (Phi) is 5.17. The van der Waals surface area contributed by atoms with E-state index in [-0.39, 0.29) is 18.1 Å². The van der Waals surface area contributed by atoms with Gasteiger partial charge in [0, 0.05) is 17.0 Å². The second-order valence-corrected chi connectivity index (χ2v) is 7.83. The lowest BCUT2D eigenvalue weighted by molar-refractivity contribution is -0.115. The van der Waals surface area contributed by atoms with Crippen molar-refractivity contribution in [3.63, 3.8) is 0 Å². The highest BCUT2D eigenvalue weighted by molar-refractivity contribution is 7.11. The van der Waals surface area contributed by atoms with Crippen molar-refractivity contribution in [1.29, 1.82) is 0 Å². The van der Waals surface area contributed by atoms with E-state index in [1.165, 1.54) is 28.5 Å². The van der Waals surface area contributed by atoms with Crippen LogP contribution in [0.25, 0.3) is 10.8 Å². The van der Waals surface area contributed by atoms with Crippen molar-refractivity contribution < 1.29 is 9.18 Å². The first-order valence-corrected chi connectivity index (χ1v) is 9.87. The van der Waals surface area contributed by atoms with Gasteiger partial charge >= 0.3 is 0 Å². The second-order valence-electron chi connectivity index (χ2n) is 6.66. The number of amides is 1. The van der Waals surface area contributed by atoms with Crippen LogP contribution in [0.3, 0.4) is 0 Å². The summed E-state index contributed by atoms with van der Waals surface area (Å²) in [7, 11) is 0. The van der Waals surface area contributed by atoms with E-state index in [1.54, 1.807) is 23.5 Å². The molecule has 140 valence electrons. The fourth-order valence-electron chi connectivity index (χ4n) is 3.22. The zero-order valence-corrected chi connectivity index (χ0v) is 16.2. The largest absolute Gasteiger partial charge is 0.326 e. The van der Waals surface area contributed by atoms with E-state index in [2.05, 4.69) is 40.6 Å². The van der Waals surface area contributed by atoms with E-state index in [9.17, 15) is 9.18 Å². The number of nitrogens with one attached hydrogen (secondary N) is 1. The summed E-state index contributed by atoms with van der Waals surface area (Å²) in [4.78, 5) is 18.0. The molecule has 0 radical (unpaired) electrons. The summed E-state index contributed by atoms with van der Waals surface area (Å²) in [6.07, 6.45) is 1.00. The van der Waals surface area contributed by atoms with Gasteiger partial charge < -0.3 is 5.32 Å². The molecule has 1 aromatic heterocycles. The molecule has 4 aromatic rings. The van der Waals surface area contributed by atoms with Gasteiger partial charge in [-0.2, -0.15) is 0 Å². The Morgan fingerprint density at radius 2 is 1.79 bits per heavy atom. The van der Waals surface area contributed by atoms with E-state index >= 15 is 0 Å². The highest BCUT2D eigenvalue weighted by Gasteiger charge is 2.13. The van der Waals surface area contributed by atoms with Gasteiger partial charge in [-0.05, 0) is 47.5 Å². The van der Waals surface area contributed by atoms with Crippen LogP contribution >= 0.6 is 11.3 Å². The standard InChI is InChI=1S/C23H19FN2OS/c1-15-21(14-22(27)26-19-11-9-18(24)10-12-19)28-23(25-15)13-17-7-4-6-16-5-2-3-8-20(16)17/h2-12H,13-14H2,1H3,(H,26,27). The number of halogens is 1. The number of hydrogen-bond acceptors (Lipinski definition) is 3. The van der Waals surface area contributed by atoms with Crippen LogP contribution in [0, 0.1) is 12.7 Å². The number of carbonyl (C=O) groups is 1. The zero-order chi connectivity index (χ0) is 19.5. The highest BCUT2D eigenvalue weighted by Crippen LogP contribution is 2.25. The van der Waals surface area contributed by atoms with E-state index in [1.807, 2.05) is 19.1 Å². The third-order valence-electron chi connectivity index (χ3n) is 4.61. The third-order valence-corrected chi connectivity index (χ3v) is 5.77. The first kappa shape index (κ1) is 18.3. The number of hydrogen-bond donors (Lipinski definition) is 1. The van der Waals surface area contributed by atoms with Crippen LogP contribution in [0.2, 0.25) is 0 Å². The molecule has 1 N–H and O–H groups in total. The average Bonchev–Trinajstić information content (AvgIpc) is 3.03. The number of benzene rings is 3. The number of aryl methyl sites for hydroxylation is 1. The van der Waals surface area contributed by atoms with Crippen molar-refractivity contribution in [2.24, 2.45) is 0 Å².